The summed E-state index contributed by atoms with van der Waals surface area (Å²) in [7, 11) is 0. The molecule has 0 aliphatic heterocycles. The molecule has 0 N–H and O–H groups in total. The average Bonchev–Trinajstić information content (AvgIpc) is 2.62. The molecular weight excluding hydrogens is 180 g/mol. The molecule has 0 aromatic carbocycles. The summed E-state index contributed by atoms with van der Waals surface area (Å²) >= 11 is 0. The number of fused-ring (bicyclic) bond motifs is 1. The maximum atomic E-state index is 2.46. The van der Waals surface area contributed by atoms with E-state index in [4.69, 9.17) is 0 Å². The van der Waals surface area contributed by atoms with Crippen LogP contribution in [0.15, 0.2) is 0 Å². The third kappa shape index (κ3) is 2.10. The lowest BCUT2D eigenvalue weighted by molar-refractivity contribution is 0.0460. The van der Waals surface area contributed by atoms with Crippen LogP contribution in [-0.2, 0) is 0 Å². The van der Waals surface area contributed by atoms with E-state index in [1.54, 1.807) is 6.42 Å². The van der Waals surface area contributed by atoms with Crippen molar-refractivity contribution in [2.75, 3.05) is 0 Å². The summed E-state index contributed by atoms with van der Waals surface area (Å²) < 4.78 is 0. The number of hydrogen-bond acceptors (Lipinski definition) is 0. The van der Waals surface area contributed by atoms with Crippen molar-refractivity contribution in [1.82, 2.24) is 0 Å². The molecule has 2 aliphatic rings. The molecule has 0 aromatic rings. The van der Waals surface area contributed by atoms with Crippen molar-refractivity contribution >= 4 is 0 Å². The Labute approximate surface area is 95.8 Å². The van der Waals surface area contributed by atoms with E-state index in [1.165, 1.54) is 25.7 Å². The summed E-state index contributed by atoms with van der Waals surface area (Å²) in [6.45, 7) is 9.80. The Hall–Kier alpha value is 0. The van der Waals surface area contributed by atoms with Crippen LogP contribution < -0.4 is 0 Å². The molecule has 0 saturated heterocycles. The summed E-state index contributed by atoms with van der Waals surface area (Å²) in [5, 5.41) is 0. The highest BCUT2D eigenvalue weighted by Gasteiger charge is 2.43. The molecule has 0 nitrogen and oxygen atoms in total. The molecule has 2 rings (SSSR count). The van der Waals surface area contributed by atoms with Crippen LogP contribution in [0.25, 0.3) is 0 Å². The van der Waals surface area contributed by atoms with Crippen molar-refractivity contribution in [2.24, 2.45) is 35.5 Å². The summed E-state index contributed by atoms with van der Waals surface area (Å²) in [6, 6.07) is 0. The molecule has 0 heteroatoms. The maximum Gasteiger partial charge on any atom is -0.0329 e. The fourth-order valence-electron chi connectivity index (χ4n) is 4.61. The van der Waals surface area contributed by atoms with Gasteiger partial charge in [0.25, 0.3) is 0 Å². The van der Waals surface area contributed by atoms with Gasteiger partial charge in [-0.05, 0) is 54.8 Å². The summed E-state index contributed by atoms with van der Waals surface area (Å²) in [4.78, 5) is 0. The van der Waals surface area contributed by atoms with Gasteiger partial charge in [0, 0.05) is 0 Å². The van der Waals surface area contributed by atoms with Crippen LogP contribution in [0.4, 0.5) is 0 Å². The topological polar surface area (TPSA) is 0 Å². The van der Waals surface area contributed by atoms with E-state index < -0.39 is 0 Å². The minimum Gasteiger partial charge on any atom is -0.0625 e. The van der Waals surface area contributed by atoms with E-state index in [0.29, 0.717) is 0 Å². The summed E-state index contributed by atoms with van der Waals surface area (Å²) in [5.41, 5.74) is 0. The van der Waals surface area contributed by atoms with Crippen LogP contribution in [0.3, 0.4) is 0 Å². The largest absolute Gasteiger partial charge is 0.0625 e. The SMILES string of the molecule is CC(C)C1CCC2CCCC2C1C(C)C. The normalized spacial score (nSPS) is 41.2. The van der Waals surface area contributed by atoms with Crippen LogP contribution in [0.2, 0.25) is 0 Å². The zero-order valence-corrected chi connectivity index (χ0v) is 11.0. The second-order valence-corrected chi connectivity index (χ2v) is 6.66. The molecular formula is C15H28. The maximum absolute atomic E-state index is 2.46. The fourth-order valence-corrected chi connectivity index (χ4v) is 4.61. The lowest BCUT2D eigenvalue weighted by Gasteiger charge is -2.44. The predicted octanol–water partition coefficient (Wildman–Crippen LogP) is 4.74. The van der Waals surface area contributed by atoms with Crippen LogP contribution in [0.1, 0.15) is 59.8 Å². The van der Waals surface area contributed by atoms with Crippen molar-refractivity contribution in [3.8, 4) is 0 Å². The van der Waals surface area contributed by atoms with Gasteiger partial charge in [0.15, 0.2) is 0 Å². The smallest absolute Gasteiger partial charge is 0.0329 e. The van der Waals surface area contributed by atoms with E-state index in [-0.39, 0.29) is 0 Å². The van der Waals surface area contributed by atoms with Gasteiger partial charge in [-0.25, -0.2) is 0 Å². The first kappa shape index (κ1) is 11.5. The number of hydrogen-bond donors (Lipinski definition) is 0. The minimum absolute atomic E-state index is 0.902. The third-order valence-corrected chi connectivity index (χ3v) is 5.20. The van der Waals surface area contributed by atoms with E-state index >= 15 is 0 Å². The first-order valence-corrected chi connectivity index (χ1v) is 7.11. The molecule has 15 heavy (non-hydrogen) atoms. The minimum atomic E-state index is 0.902. The Morgan fingerprint density at radius 2 is 1.53 bits per heavy atom. The lowest BCUT2D eigenvalue weighted by atomic mass is 9.61. The fraction of sp³-hybridized carbons (Fsp3) is 1.00. The van der Waals surface area contributed by atoms with E-state index in [0.717, 1.165) is 35.5 Å². The van der Waals surface area contributed by atoms with Gasteiger partial charge < -0.3 is 0 Å². The second-order valence-electron chi connectivity index (χ2n) is 6.66. The van der Waals surface area contributed by atoms with Crippen LogP contribution >= 0.6 is 0 Å². The average molecular weight is 208 g/mol. The predicted molar refractivity (Wildman–Crippen MR) is 66.7 cm³/mol. The number of rotatable bonds is 2. The highest BCUT2D eigenvalue weighted by molar-refractivity contribution is 4.92. The molecule has 0 bridgehead atoms. The molecule has 0 aromatic heterocycles. The molecule has 2 saturated carbocycles. The zero-order valence-electron chi connectivity index (χ0n) is 11.0. The van der Waals surface area contributed by atoms with E-state index in [1.807, 2.05) is 0 Å². The van der Waals surface area contributed by atoms with Crippen molar-refractivity contribution in [1.29, 1.82) is 0 Å². The standard InChI is InChI=1S/C15H28/c1-10(2)13-9-8-12-6-5-7-14(12)15(13)11(3)4/h10-15H,5-9H2,1-4H3. The third-order valence-electron chi connectivity index (χ3n) is 5.20. The highest BCUT2D eigenvalue weighted by Crippen LogP contribution is 2.52. The van der Waals surface area contributed by atoms with Gasteiger partial charge in [-0.2, -0.15) is 0 Å². The van der Waals surface area contributed by atoms with Gasteiger partial charge in [0.05, 0.1) is 0 Å². The van der Waals surface area contributed by atoms with Crippen molar-refractivity contribution in [3.63, 3.8) is 0 Å². The molecule has 2 fully saturated rings. The van der Waals surface area contributed by atoms with Gasteiger partial charge in [0.1, 0.15) is 0 Å². The molecule has 4 atom stereocenters. The molecule has 0 spiro atoms. The Balaban J connectivity index is 2.14. The molecule has 88 valence electrons. The zero-order chi connectivity index (χ0) is 11.0. The Kier molecular flexibility index (Phi) is 3.42. The first-order valence-electron chi connectivity index (χ1n) is 7.11. The Bertz CT molecular complexity index is 202. The van der Waals surface area contributed by atoms with Gasteiger partial charge in [-0.1, -0.05) is 40.5 Å². The van der Waals surface area contributed by atoms with Crippen molar-refractivity contribution < 1.29 is 0 Å². The first-order chi connectivity index (χ1) is 7.11. The lowest BCUT2D eigenvalue weighted by Crippen LogP contribution is -2.37. The molecule has 0 amide bonds. The quantitative estimate of drug-likeness (QED) is 0.615. The van der Waals surface area contributed by atoms with E-state index in [9.17, 15) is 0 Å². The Morgan fingerprint density at radius 3 is 2.13 bits per heavy atom. The molecule has 0 heterocycles. The Morgan fingerprint density at radius 1 is 0.800 bits per heavy atom. The summed E-state index contributed by atoms with van der Waals surface area (Å²) in [5.74, 6) is 6.05. The molecule has 4 unspecified atom stereocenters. The van der Waals surface area contributed by atoms with E-state index in [2.05, 4.69) is 27.7 Å². The summed E-state index contributed by atoms with van der Waals surface area (Å²) in [6.07, 6.45) is 7.65. The highest BCUT2D eigenvalue weighted by atomic mass is 14.5. The van der Waals surface area contributed by atoms with Gasteiger partial charge in [-0.3, -0.25) is 0 Å². The molecule has 2 aliphatic carbocycles. The van der Waals surface area contributed by atoms with Gasteiger partial charge in [0.2, 0.25) is 0 Å². The van der Waals surface area contributed by atoms with Gasteiger partial charge in [-0.15, -0.1) is 0 Å². The second kappa shape index (κ2) is 4.47. The van der Waals surface area contributed by atoms with Crippen LogP contribution in [0.5, 0.6) is 0 Å². The van der Waals surface area contributed by atoms with Crippen LogP contribution in [-0.4, -0.2) is 0 Å². The van der Waals surface area contributed by atoms with Crippen LogP contribution in [0, 0.1) is 35.5 Å². The molecule has 0 radical (unpaired) electrons. The monoisotopic (exact) mass is 208 g/mol. The van der Waals surface area contributed by atoms with Crippen molar-refractivity contribution in [2.45, 2.75) is 59.8 Å². The van der Waals surface area contributed by atoms with Crippen molar-refractivity contribution in [3.05, 3.63) is 0 Å². The van der Waals surface area contributed by atoms with Gasteiger partial charge >= 0.3 is 0 Å².